The van der Waals surface area contributed by atoms with E-state index in [0.29, 0.717) is 0 Å². The molecule has 6 saturated carbocycles. The molecule has 128 valence electrons. The van der Waals surface area contributed by atoms with Gasteiger partial charge in [-0.2, -0.15) is 0 Å². The summed E-state index contributed by atoms with van der Waals surface area (Å²) in [6.45, 7) is 6.69. The van der Waals surface area contributed by atoms with Gasteiger partial charge in [0.15, 0.2) is 0 Å². The molecule has 1 nitrogen and oxygen atoms in total. The van der Waals surface area contributed by atoms with Gasteiger partial charge in [-0.1, -0.05) is 6.08 Å². The molecule has 23 heavy (non-hydrogen) atoms. The maximum Gasteiger partial charge on any atom is 0.116 e. The van der Waals surface area contributed by atoms with E-state index in [1.54, 1.807) is 51.0 Å². The lowest BCUT2D eigenvalue weighted by molar-refractivity contribution is -0.106. The molecule has 6 fully saturated rings. The van der Waals surface area contributed by atoms with Gasteiger partial charge in [-0.3, -0.25) is 0 Å². The SMILES string of the molecule is C1CC2CC1C1C3CC(C21)C1C2CCC(C2)C31.C=CC.CC=O. The summed E-state index contributed by atoms with van der Waals surface area (Å²) in [7, 11) is 0. The summed E-state index contributed by atoms with van der Waals surface area (Å²) >= 11 is 0. The van der Waals surface area contributed by atoms with E-state index in [-0.39, 0.29) is 0 Å². The molecule has 8 atom stereocenters. The first-order valence-electron chi connectivity index (χ1n) is 10.2. The highest BCUT2D eigenvalue weighted by molar-refractivity contribution is 5.44. The molecule has 0 heterocycles. The quantitative estimate of drug-likeness (QED) is 0.334. The van der Waals surface area contributed by atoms with Gasteiger partial charge in [-0.05, 0) is 118 Å². The zero-order valence-corrected chi connectivity index (χ0v) is 15.0. The van der Waals surface area contributed by atoms with Crippen LogP contribution in [-0.4, -0.2) is 6.29 Å². The van der Waals surface area contributed by atoms with Crippen molar-refractivity contribution in [3.05, 3.63) is 12.7 Å². The third-order valence-electron chi connectivity index (χ3n) is 8.62. The maximum atomic E-state index is 8.81. The summed E-state index contributed by atoms with van der Waals surface area (Å²) in [5.41, 5.74) is 0. The van der Waals surface area contributed by atoms with Crippen molar-refractivity contribution >= 4 is 6.29 Å². The van der Waals surface area contributed by atoms with Crippen LogP contribution in [0, 0.1) is 59.2 Å². The number of hydrogen-bond donors (Lipinski definition) is 0. The van der Waals surface area contributed by atoms with Crippen molar-refractivity contribution in [2.75, 3.05) is 0 Å². The molecule has 6 aliphatic carbocycles. The van der Waals surface area contributed by atoms with E-state index in [9.17, 15) is 0 Å². The van der Waals surface area contributed by atoms with Crippen molar-refractivity contribution in [3.8, 4) is 0 Å². The summed E-state index contributed by atoms with van der Waals surface area (Å²) in [5.74, 6) is 12.3. The largest absolute Gasteiger partial charge is 0.304 e. The fourth-order valence-corrected chi connectivity index (χ4v) is 8.76. The highest BCUT2D eigenvalue weighted by atomic mass is 16.1. The van der Waals surface area contributed by atoms with Crippen LogP contribution in [0.15, 0.2) is 12.7 Å². The minimum Gasteiger partial charge on any atom is -0.304 e. The molecule has 0 saturated heterocycles. The Morgan fingerprint density at radius 3 is 1.22 bits per heavy atom. The highest BCUT2D eigenvalue weighted by Crippen LogP contribution is 2.76. The van der Waals surface area contributed by atoms with E-state index >= 15 is 0 Å². The number of carbonyl (C=O) groups excluding carboxylic acids is 1. The minimum absolute atomic E-state index is 0.750. The third kappa shape index (κ3) is 2.14. The smallest absolute Gasteiger partial charge is 0.116 e. The van der Waals surface area contributed by atoms with Crippen LogP contribution in [0.4, 0.5) is 0 Å². The van der Waals surface area contributed by atoms with E-state index in [1.165, 1.54) is 66.1 Å². The Bertz CT molecular complexity index is 395. The lowest BCUT2D eigenvalue weighted by Crippen LogP contribution is -2.40. The molecule has 0 aromatic carbocycles. The predicted molar refractivity (Wildman–Crippen MR) is 94.8 cm³/mol. The monoisotopic (exact) mass is 314 g/mol. The Morgan fingerprint density at radius 1 is 0.696 bits per heavy atom. The molecule has 0 N–H and O–H groups in total. The van der Waals surface area contributed by atoms with Crippen molar-refractivity contribution in [2.24, 2.45) is 59.2 Å². The van der Waals surface area contributed by atoms with Gasteiger partial charge in [0, 0.05) is 0 Å². The standard InChI is InChI=1S/C17H24.C3H6.C2H4O/c1-2-9-5-8(1)14-12-7-13(15(9)14)17-11-4-3-10(6-11)16(12)17;1-3-2;1-2-3/h8-17H,1-7H2;3H,1H2,2H3;2H,1H3. The van der Waals surface area contributed by atoms with Gasteiger partial charge in [0.25, 0.3) is 0 Å². The lowest BCUT2D eigenvalue weighted by atomic mass is 9.60. The van der Waals surface area contributed by atoms with Gasteiger partial charge in [0.1, 0.15) is 6.29 Å². The van der Waals surface area contributed by atoms with Crippen LogP contribution in [-0.2, 0) is 4.79 Å². The number of fused-ring (bicyclic) bond motifs is 16. The van der Waals surface area contributed by atoms with Gasteiger partial charge >= 0.3 is 0 Å². The van der Waals surface area contributed by atoms with Gasteiger partial charge in [0.2, 0.25) is 0 Å². The van der Waals surface area contributed by atoms with Gasteiger partial charge in [0.05, 0.1) is 0 Å². The maximum absolute atomic E-state index is 8.81. The fraction of sp³-hybridized carbons (Fsp3) is 0.864. The van der Waals surface area contributed by atoms with Crippen LogP contribution >= 0.6 is 0 Å². The van der Waals surface area contributed by atoms with Crippen molar-refractivity contribution in [3.63, 3.8) is 0 Å². The molecule has 0 aromatic rings. The average molecular weight is 315 g/mol. The third-order valence-corrected chi connectivity index (χ3v) is 8.62. The van der Waals surface area contributed by atoms with E-state index < -0.39 is 0 Å². The summed E-state index contributed by atoms with van der Waals surface area (Å²) in [4.78, 5) is 8.81. The summed E-state index contributed by atoms with van der Waals surface area (Å²) in [5, 5.41) is 0. The molecule has 0 spiro atoms. The Balaban J connectivity index is 0.000000201. The second-order valence-electron chi connectivity index (χ2n) is 9.18. The van der Waals surface area contributed by atoms with Crippen molar-refractivity contribution in [1.82, 2.24) is 0 Å². The normalized spacial score (nSPS) is 55.4. The Kier molecular flexibility index (Phi) is 4.18. The van der Waals surface area contributed by atoms with Crippen LogP contribution in [0.5, 0.6) is 0 Å². The zero-order valence-electron chi connectivity index (χ0n) is 15.0. The lowest BCUT2D eigenvalue weighted by Gasteiger charge is -2.45. The van der Waals surface area contributed by atoms with E-state index in [0.717, 1.165) is 6.29 Å². The van der Waals surface area contributed by atoms with Crippen LogP contribution in [0.25, 0.3) is 0 Å². The number of aldehydes is 1. The van der Waals surface area contributed by atoms with Crippen LogP contribution in [0.3, 0.4) is 0 Å². The highest BCUT2D eigenvalue weighted by Gasteiger charge is 2.70. The van der Waals surface area contributed by atoms with Crippen molar-refractivity contribution in [2.45, 2.75) is 58.8 Å². The number of allylic oxidation sites excluding steroid dienone is 1. The second kappa shape index (κ2) is 6.05. The number of hydrogen-bond acceptors (Lipinski definition) is 1. The molecule has 0 amide bonds. The molecule has 6 aliphatic rings. The first kappa shape index (κ1) is 15.9. The van der Waals surface area contributed by atoms with Crippen LogP contribution in [0.2, 0.25) is 0 Å². The molecule has 6 bridgehead atoms. The van der Waals surface area contributed by atoms with Gasteiger partial charge in [-0.15, -0.1) is 6.58 Å². The Hall–Kier alpha value is -0.590. The van der Waals surface area contributed by atoms with Gasteiger partial charge in [-0.25, -0.2) is 0 Å². The first-order valence-corrected chi connectivity index (χ1v) is 10.2. The Morgan fingerprint density at radius 2 is 0.957 bits per heavy atom. The van der Waals surface area contributed by atoms with Crippen molar-refractivity contribution < 1.29 is 4.79 Å². The molecule has 0 aromatic heterocycles. The zero-order chi connectivity index (χ0) is 16.1. The summed E-state index contributed by atoms with van der Waals surface area (Å²) in [6, 6.07) is 0. The topological polar surface area (TPSA) is 17.1 Å². The molecule has 8 unspecified atom stereocenters. The number of rotatable bonds is 0. The molecule has 0 radical (unpaired) electrons. The number of carbonyl (C=O) groups is 1. The molecule has 0 aliphatic heterocycles. The van der Waals surface area contributed by atoms with E-state index in [1.807, 2.05) is 6.92 Å². The Labute approximate surface area is 142 Å². The predicted octanol–water partition coefficient (Wildman–Crippen LogP) is 5.36. The molecular formula is C22H34O. The fourth-order valence-electron chi connectivity index (χ4n) is 8.76. The average Bonchev–Trinajstić information content (AvgIpc) is 3.32. The molecule has 1 heteroatoms. The summed E-state index contributed by atoms with van der Waals surface area (Å²) < 4.78 is 0. The van der Waals surface area contributed by atoms with Gasteiger partial charge < -0.3 is 4.79 Å². The van der Waals surface area contributed by atoms with E-state index in [2.05, 4.69) is 6.58 Å². The first-order chi connectivity index (χ1) is 11.2. The minimum atomic E-state index is 0.750. The molecular weight excluding hydrogens is 280 g/mol. The van der Waals surface area contributed by atoms with Crippen LogP contribution < -0.4 is 0 Å². The molecule has 6 rings (SSSR count). The summed E-state index contributed by atoms with van der Waals surface area (Å²) in [6.07, 6.45) is 14.0. The van der Waals surface area contributed by atoms with Crippen LogP contribution in [0.1, 0.15) is 58.8 Å². The van der Waals surface area contributed by atoms with E-state index in [4.69, 9.17) is 4.79 Å². The second-order valence-corrected chi connectivity index (χ2v) is 9.18. The van der Waals surface area contributed by atoms with Crippen molar-refractivity contribution in [1.29, 1.82) is 0 Å².